The molecule has 3 aromatic carbocycles. The van der Waals surface area contributed by atoms with Crippen LogP contribution in [0.3, 0.4) is 0 Å². The van der Waals surface area contributed by atoms with Gasteiger partial charge >= 0.3 is 4.94 Å². The number of rotatable bonds is 4. The highest BCUT2D eigenvalue weighted by atomic mass is 32.2. The largest absolute Gasteiger partial charge is 0.413 e. The summed E-state index contributed by atoms with van der Waals surface area (Å²) in [5.41, 5.74) is 2.59. The molecule has 0 aliphatic rings. The van der Waals surface area contributed by atoms with Crippen molar-refractivity contribution in [1.82, 2.24) is 4.98 Å². The minimum Gasteiger partial charge on any atom is -0.413 e. The predicted octanol–water partition coefficient (Wildman–Crippen LogP) is 5.36. The fourth-order valence-corrected chi connectivity index (χ4v) is 7.03. The summed E-state index contributed by atoms with van der Waals surface area (Å²) in [4.78, 5) is 29.5. The minimum atomic E-state index is -4.38. The molecule has 0 aliphatic heterocycles. The van der Waals surface area contributed by atoms with Crippen molar-refractivity contribution in [2.45, 2.75) is 25.7 Å². The molecule has 0 N–H and O–H groups in total. The molecular formula is C26H20N2O5S2. The van der Waals surface area contributed by atoms with Crippen LogP contribution in [0.25, 0.3) is 21.1 Å². The zero-order valence-electron chi connectivity index (χ0n) is 19.1. The van der Waals surface area contributed by atoms with Crippen LogP contribution in [0.5, 0.6) is 0 Å². The van der Waals surface area contributed by atoms with Gasteiger partial charge in [0.05, 0.1) is 20.8 Å². The molecule has 0 spiro atoms. The molecule has 0 saturated heterocycles. The Morgan fingerprint density at radius 2 is 1.66 bits per heavy atom. The monoisotopic (exact) mass is 504 g/mol. The molecule has 35 heavy (non-hydrogen) atoms. The molecule has 1 amide bonds. The number of carbonyl (C=O) groups excluding carboxylic acids is 1. The third-order valence-corrected chi connectivity index (χ3v) is 8.51. The Hall–Kier alpha value is -3.82. The van der Waals surface area contributed by atoms with Crippen molar-refractivity contribution in [1.29, 1.82) is 0 Å². The van der Waals surface area contributed by atoms with Gasteiger partial charge in [-0.3, -0.25) is 9.78 Å². The van der Waals surface area contributed by atoms with Crippen molar-refractivity contribution in [2.24, 2.45) is 0 Å². The summed E-state index contributed by atoms with van der Waals surface area (Å²) < 4.78 is 35.2. The molecule has 7 nitrogen and oxygen atoms in total. The van der Waals surface area contributed by atoms with Gasteiger partial charge in [-0.2, -0.15) is 4.31 Å². The SMILES string of the molecule is Cc1cc(C)c(S(=O)(=O)N(C(=O)c2cccnc2)c2cc3sc(=O)oc3c3ccccc23)c(C)c1. The van der Waals surface area contributed by atoms with Crippen LogP contribution in [0, 0.1) is 20.8 Å². The number of sulfonamides is 1. The maximum absolute atomic E-state index is 14.3. The number of pyridine rings is 1. The Morgan fingerprint density at radius 1 is 0.971 bits per heavy atom. The van der Waals surface area contributed by atoms with Gasteiger partial charge < -0.3 is 4.42 Å². The molecule has 0 fully saturated rings. The van der Waals surface area contributed by atoms with Crippen molar-refractivity contribution in [3.05, 3.63) is 99.0 Å². The maximum Gasteiger partial charge on any atom is 0.396 e. The number of fused-ring (bicyclic) bond motifs is 3. The molecule has 0 unspecified atom stereocenters. The van der Waals surface area contributed by atoms with E-state index in [0.29, 0.717) is 32.2 Å². The van der Waals surface area contributed by atoms with Gasteiger partial charge in [0.1, 0.15) is 0 Å². The summed E-state index contributed by atoms with van der Waals surface area (Å²) >= 11 is 0.853. The lowest BCUT2D eigenvalue weighted by atomic mass is 10.1. The summed E-state index contributed by atoms with van der Waals surface area (Å²) in [6, 6.07) is 15.1. The topological polar surface area (TPSA) is 97.5 Å². The third kappa shape index (κ3) is 3.82. The van der Waals surface area contributed by atoms with Crippen LogP contribution in [0.4, 0.5) is 5.69 Å². The minimum absolute atomic E-state index is 0.0601. The van der Waals surface area contributed by atoms with Crippen LogP contribution in [0.1, 0.15) is 27.0 Å². The third-order valence-electron chi connectivity index (χ3n) is 5.73. The van der Waals surface area contributed by atoms with E-state index < -0.39 is 20.9 Å². The molecule has 5 aromatic rings. The van der Waals surface area contributed by atoms with Gasteiger partial charge in [0, 0.05) is 23.2 Å². The van der Waals surface area contributed by atoms with Crippen LogP contribution in [0.2, 0.25) is 0 Å². The molecule has 0 aliphatic carbocycles. The summed E-state index contributed by atoms with van der Waals surface area (Å²) in [5, 5.41) is 1.000. The van der Waals surface area contributed by atoms with E-state index in [1.807, 2.05) is 6.92 Å². The Bertz CT molecular complexity index is 1760. The molecule has 0 radical (unpaired) electrons. The number of hydrogen-bond donors (Lipinski definition) is 0. The van der Waals surface area contributed by atoms with Crippen molar-refractivity contribution >= 4 is 54.0 Å². The van der Waals surface area contributed by atoms with E-state index in [9.17, 15) is 18.0 Å². The van der Waals surface area contributed by atoms with Crippen molar-refractivity contribution in [3.63, 3.8) is 0 Å². The second-order valence-corrected chi connectivity index (χ2v) is 11.0. The number of carbonyl (C=O) groups is 1. The fourth-order valence-electron chi connectivity index (χ4n) is 4.47. The molecular weight excluding hydrogens is 484 g/mol. The van der Waals surface area contributed by atoms with Crippen molar-refractivity contribution in [2.75, 3.05) is 4.31 Å². The highest BCUT2D eigenvalue weighted by Gasteiger charge is 2.36. The number of benzene rings is 3. The molecule has 0 atom stereocenters. The number of aromatic nitrogens is 1. The van der Waals surface area contributed by atoms with Gasteiger partial charge in [0.15, 0.2) is 5.58 Å². The number of nitrogens with zero attached hydrogens (tertiary/aromatic N) is 2. The van der Waals surface area contributed by atoms with E-state index in [1.54, 1.807) is 56.3 Å². The van der Waals surface area contributed by atoms with Crippen molar-refractivity contribution in [3.8, 4) is 0 Å². The lowest BCUT2D eigenvalue weighted by molar-refractivity contribution is 0.100. The first-order valence-corrected chi connectivity index (χ1v) is 13.0. The Kier molecular flexibility index (Phi) is 5.53. The van der Waals surface area contributed by atoms with Gasteiger partial charge in [0.2, 0.25) is 0 Å². The molecule has 2 aromatic heterocycles. The smallest absolute Gasteiger partial charge is 0.396 e. The van der Waals surface area contributed by atoms with Crippen LogP contribution in [-0.4, -0.2) is 19.3 Å². The number of anilines is 1. The van der Waals surface area contributed by atoms with Crippen molar-refractivity contribution < 1.29 is 17.6 Å². The standard InChI is InChI=1S/C26H20N2O5S2/c1-15-11-16(2)24(17(3)12-15)35(31,32)28(25(29)18-7-6-10-27-14-18)21-13-22-23(33-26(30)34-22)20-9-5-4-8-19(20)21/h4-14H,1-3H3. The quantitative estimate of drug-likeness (QED) is 0.327. The first-order chi connectivity index (χ1) is 16.7. The van der Waals surface area contributed by atoms with Crippen LogP contribution in [-0.2, 0) is 10.0 Å². The highest BCUT2D eigenvalue weighted by Crippen LogP contribution is 2.39. The lowest BCUT2D eigenvalue weighted by Crippen LogP contribution is -2.38. The average molecular weight is 505 g/mol. The Balaban J connectivity index is 1.89. The average Bonchev–Trinajstić information content (AvgIpc) is 3.19. The van der Waals surface area contributed by atoms with Gasteiger partial charge in [0.25, 0.3) is 15.9 Å². The van der Waals surface area contributed by atoms with E-state index >= 15 is 0 Å². The molecule has 176 valence electrons. The highest BCUT2D eigenvalue weighted by molar-refractivity contribution is 7.93. The second kappa shape index (κ2) is 8.44. The Labute approximate surface area is 205 Å². The summed E-state index contributed by atoms with van der Waals surface area (Å²) in [7, 11) is -4.38. The summed E-state index contributed by atoms with van der Waals surface area (Å²) in [6.07, 6.45) is 2.84. The zero-order valence-corrected chi connectivity index (χ0v) is 20.7. The van der Waals surface area contributed by atoms with Crippen LogP contribution >= 0.6 is 11.3 Å². The maximum atomic E-state index is 14.3. The van der Waals surface area contributed by atoms with E-state index in [4.69, 9.17) is 4.42 Å². The number of hydrogen-bond acceptors (Lipinski definition) is 7. The zero-order chi connectivity index (χ0) is 24.9. The van der Waals surface area contributed by atoms with Gasteiger partial charge in [-0.05, 0) is 50.1 Å². The molecule has 0 saturated carbocycles. The molecule has 5 rings (SSSR count). The molecule has 9 heteroatoms. The van der Waals surface area contributed by atoms with E-state index in [-0.39, 0.29) is 16.1 Å². The fraction of sp³-hybridized carbons (Fsp3) is 0.115. The Morgan fingerprint density at radius 3 is 2.31 bits per heavy atom. The predicted molar refractivity (Wildman–Crippen MR) is 137 cm³/mol. The molecule has 0 bridgehead atoms. The van der Waals surface area contributed by atoms with Crippen LogP contribution < -0.4 is 9.24 Å². The van der Waals surface area contributed by atoms with Gasteiger partial charge in [-0.25, -0.2) is 13.2 Å². The first kappa shape index (κ1) is 22.9. The second-order valence-electron chi connectivity index (χ2n) is 8.27. The number of aryl methyl sites for hydroxylation is 3. The van der Waals surface area contributed by atoms with Crippen LogP contribution in [0.15, 0.2) is 81.1 Å². The van der Waals surface area contributed by atoms with Gasteiger partial charge in [-0.1, -0.05) is 53.3 Å². The summed E-state index contributed by atoms with van der Waals surface area (Å²) in [5.74, 6) is -0.752. The number of amides is 1. The normalized spacial score (nSPS) is 11.7. The summed E-state index contributed by atoms with van der Waals surface area (Å²) in [6.45, 7) is 5.31. The van der Waals surface area contributed by atoms with E-state index in [1.165, 1.54) is 24.5 Å². The van der Waals surface area contributed by atoms with E-state index in [2.05, 4.69) is 4.98 Å². The van der Waals surface area contributed by atoms with Gasteiger partial charge in [-0.15, -0.1) is 0 Å². The lowest BCUT2D eigenvalue weighted by Gasteiger charge is -2.26. The first-order valence-electron chi connectivity index (χ1n) is 10.7. The van der Waals surface area contributed by atoms with E-state index in [0.717, 1.165) is 21.2 Å². The molecule has 2 heterocycles.